The number of nitrogens with one attached hydrogen (secondary N) is 2. The van der Waals surface area contributed by atoms with Gasteiger partial charge in [-0.2, -0.15) is 0 Å². The van der Waals surface area contributed by atoms with E-state index in [-0.39, 0.29) is 29.6 Å². The molecule has 1 atom stereocenters. The third-order valence-corrected chi connectivity index (χ3v) is 6.38. The Morgan fingerprint density at radius 2 is 2.03 bits per heavy atom. The van der Waals surface area contributed by atoms with Crippen molar-refractivity contribution >= 4 is 29.9 Å². The molecule has 0 aromatic carbocycles. The molecule has 1 aliphatic carbocycles. The summed E-state index contributed by atoms with van der Waals surface area (Å²) in [6.45, 7) is 7.12. The Hall–Kier alpha value is -0.840. The lowest BCUT2D eigenvalue weighted by Gasteiger charge is -2.39. The molecule has 1 unspecified atom stereocenters. The minimum absolute atomic E-state index is 0. The van der Waals surface area contributed by atoms with E-state index in [0.717, 1.165) is 83.5 Å². The number of morpholine rings is 1. The maximum atomic E-state index is 6.20. The zero-order chi connectivity index (χ0) is 19.8. The minimum atomic E-state index is 0. The number of nitrogens with zero attached hydrogens (tertiary/aromatic N) is 2. The predicted molar refractivity (Wildman–Crippen MR) is 129 cm³/mol. The van der Waals surface area contributed by atoms with Gasteiger partial charge in [-0.05, 0) is 37.8 Å². The fourth-order valence-electron chi connectivity index (χ4n) is 4.75. The Labute approximate surface area is 197 Å². The summed E-state index contributed by atoms with van der Waals surface area (Å²) in [5.74, 6) is 1.92. The monoisotopic (exact) mass is 532 g/mol. The zero-order valence-electron chi connectivity index (χ0n) is 17.9. The molecule has 3 heterocycles. The van der Waals surface area contributed by atoms with Gasteiger partial charge in [0, 0.05) is 45.2 Å². The van der Waals surface area contributed by atoms with Gasteiger partial charge < -0.3 is 24.5 Å². The number of ether oxygens (including phenoxy) is 2. The minimum Gasteiger partial charge on any atom is -0.469 e. The fraction of sp³-hybridized carbons (Fsp3) is 0.773. The van der Waals surface area contributed by atoms with Crippen molar-refractivity contribution in [3.05, 3.63) is 24.2 Å². The second kappa shape index (κ2) is 12.3. The molecular formula is C22H37IN4O3. The van der Waals surface area contributed by atoms with Gasteiger partial charge in [0.05, 0.1) is 31.6 Å². The normalized spacial score (nSPS) is 24.5. The highest BCUT2D eigenvalue weighted by Gasteiger charge is 2.40. The van der Waals surface area contributed by atoms with Gasteiger partial charge in [0.2, 0.25) is 0 Å². The molecular weight excluding hydrogens is 495 g/mol. The summed E-state index contributed by atoms with van der Waals surface area (Å²) in [7, 11) is 0. The molecule has 1 spiro atoms. The third-order valence-electron chi connectivity index (χ3n) is 6.38. The van der Waals surface area contributed by atoms with Crippen LogP contribution in [-0.4, -0.2) is 75.0 Å². The molecule has 8 heteroatoms. The molecule has 30 heavy (non-hydrogen) atoms. The van der Waals surface area contributed by atoms with Crippen LogP contribution in [0, 0.1) is 0 Å². The topological polar surface area (TPSA) is 71.3 Å². The SMILES string of the molecule is I.c1coc(CCNC(=NCCN2CCOCC2)NC2CCOC3(CCCC3)C2)c1. The van der Waals surface area contributed by atoms with Crippen LogP contribution in [0.4, 0.5) is 0 Å². The Morgan fingerprint density at radius 1 is 1.20 bits per heavy atom. The van der Waals surface area contributed by atoms with Crippen molar-refractivity contribution in [3.63, 3.8) is 0 Å². The molecule has 2 saturated heterocycles. The van der Waals surface area contributed by atoms with Crippen molar-refractivity contribution in [2.45, 2.75) is 56.6 Å². The third kappa shape index (κ3) is 7.10. The maximum absolute atomic E-state index is 6.20. The van der Waals surface area contributed by atoms with Gasteiger partial charge in [0.15, 0.2) is 5.96 Å². The molecule has 0 amide bonds. The molecule has 0 radical (unpaired) electrons. The van der Waals surface area contributed by atoms with E-state index in [1.54, 1.807) is 6.26 Å². The van der Waals surface area contributed by atoms with Crippen molar-refractivity contribution in [1.29, 1.82) is 0 Å². The van der Waals surface area contributed by atoms with E-state index in [2.05, 4.69) is 15.5 Å². The van der Waals surface area contributed by atoms with Crippen LogP contribution in [0.2, 0.25) is 0 Å². The standard InChI is InChI=1S/C22H36N4O3.HI/c1-2-8-22(7-1)18-19(6-15-29-22)25-21(23-9-5-20-4-3-14-28-20)24-10-11-26-12-16-27-17-13-26;/h3-4,14,19H,1-2,5-13,15-18H2,(H2,23,24,25);1H. The first kappa shape index (κ1) is 23.8. The molecule has 170 valence electrons. The van der Waals surface area contributed by atoms with Crippen molar-refractivity contribution in [2.75, 3.05) is 52.5 Å². The van der Waals surface area contributed by atoms with Crippen LogP contribution in [0.3, 0.4) is 0 Å². The molecule has 3 aliphatic rings. The molecule has 4 rings (SSSR count). The van der Waals surface area contributed by atoms with E-state index < -0.39 is 0 Å². The Balaban J connectivity index is 0.00000256. The molecule has 3 fully saturated rings. The predicted octanol–water partition coefficient (Wildman–Crippen LogP) is 2.80. The molecule has 0 bridgehead atoms. The lowest BCUT2D eigenvalue weighted by molar-refractivity contribution is -0.0815. The summed E-state index contributed by atoms with van der Waals surface area (Å²) in [4.78, 5) is 7.31. The van der Waals surface area contributed by atoms with Crippen molar-refractivity contribution < 1.29 is 13.9 Å². The molecule has 2 N–H and O–H groups in total. The second-order valence-electron chi connectivity index (χ2n) is 8.51. The quantitative estimate of drug-likeness (QED) is 0.320. The van der Waals surface area contributed by atoms with E-state index in [4.69, 9.17) is 18.9 Å². The van der Waals surface area contributed by atoms with E-state index in [1.807, 2.05) is 12.1 Å². The molecule has 1 aromatic heterocycles. The Kier molecular flexibility index (Phi) is 9.73. The highest BCUT2D eigenvalue weighted by atomic mass is 127. The van der Waals surface area contributed by atoms with Crippen LogP contribution >= 0.6 is 24.0 Å². The summed E-state index contributed by atoms with van der Waals surface area (Å²) < 4.78 is 17.1. The van der Waals surface area contributed by atoms with Gasteiger partial charge in [-0.1, -0.05) is 12.8 Å². The van der Waals surface area contributed by atoms with E-state index in [0.29, 0.717) is 6.04 Å². The van der Waals surface area contributed by atoms with E-state index in [1.165, 1.54) is 25.7 Å². The van der Waals surface area contributed by atoms with Gasteiger partial charge >= 0.3 is 0 Å². The second-order valence-corrected chi connectivity index (χ2v) is 8.51. The summed E-state index contributed by atoms with van der Waals surface area (Å²) >= 11 is 0. The van der Waals surface area contributed by atoms with Gasteiger partial charge in [0.1, 0.15) is 5.76 Å². The largest absolute Gasteiger partial charge is 0.469 e. The molecule has 1 saturated carbocycles. The average molecular weight is 532 g/mol. The number of furan rings is 1. The van der Waals surface area contributed by atoms with E-state index in [9.17, 15) is 0 Å². The highest BCUT2D eigenvalue weighted by Crippen LogP contribution is 2.39. The first-order chi connectivity index (χ1) is 14.3. The first-order valence-electron chi connectivity index (χ1n) is 11.3. The lowest BCUT2D eigenvalue weighted by atomic mass is 9.89. The summed E-state index contributed by atoms with van der Waals surface area (Å²) in [5, 5.41) is 7.23. The molecule has 2 aliphatic heterocycles. The van der Waals surface area contributed by atoms with Crippen LogP contribution in [0.15, 0.2) is 27.8 Å². The van der Waals surface area contributed by atoms with E-state index >= 15 is 0 Å². The number of hydrogen-bond donors (Lipinski definition) is 2. The molecule has 1 aromatic rings. The Morgan fingerprint density at radius 3 is 2.80 bits per heavy atom. The number of aliphatic imine (C=N–C) groups is 1. The summed E-state index contributed by atoms with van der Waals surface area (Å²) in [6, 6.07) is 4.39. The number of guanidine groups is 1. The van der Waals surface area contributed by atoms with Gasteiger partial charge in [-0.25, -0.2) is 0 Å². The van der Waals surface area contributed by atoms with Gasteiger partial charge in [-0.3, -0.25) is 9.89 Å². The van der Waals surface area contributed by atoms with Crippen LogP contribution < -0.4 is 10.6 Å². The average Bonchev–Trinajstić information content (AvgIpc) is 3.41. The first-order valence-corrected chi connectivity index (χ1v) is 11.3. The maximum Gasteiger partial charge on any atom is 0.191 e. The number of rotatable bonds is 7. The smallest absolute Gasteiger partial charge is 0.191 e. The summed E-state index contributed by atoms with van der Waals surface area (Å²) in [6.07, 6.45) is 9.74. The van der Waals surface area contributed by atoms with Crippen molar-refractivity contribution in [2.24, 2.45) is 4.99 Å². The van der Waals surface area contributed by atoms with Gasteiger partial charge in [-0.15, -0.1) is 24.0 Å². The number of halogens is 1. The van der Waals surface area contributed by atoms with Crippen LogP contribution in [0.1, 0.15) is 44.3 Å². The Bertz CT molecular complexity index is 628. The summed E-state index contributed by atoms with van der Waals surface area (Å²) in [5.41, 5.74) is 0.114. The van der Waals surface area contributed by atoms with Crippen LogP contribution in [0.5, 0.6) is 0 Å². The zero-order valence-corrected chi connectivity index (χ0v) is 20.3. The highest BCUT2D eigenvalue weighted by molar-refractivity contribution is 14.0. The lowest BCUT2D eigenvalue weighted by Crippen LogP contribution is -2.51. The van der Waals surface area contributed by atoms with Crippen LogP contribution in [-0.2, 0) is 15.9 Å². The molecule has 7 nitrogen and oxygen atoms in total. The fourth-order valence-corrected chi connectivity index (χ4v) is 4.75. The number of hydrogen-bond acceptors (Lipinski definition) is 5. The van der Waals surface area contributed by atoms with Crippen molar-refractivity contribution in [3.8, 4) is 0 Å². The van der Waals surface area contributed by atoms with Crippen LogP contribution in [0.25, 0.3) is 0 Å². The van der Waals surface area contributed by atoms with Gasteiger partial charge in [0.25, 0.3) is 0 Å². The van der Waals surface area contributed by atoms with Crippen molar-refractivity contribution in [1.82, 2.24) is 15.5 Å².